The van der Waals surface area contributed by atoms with Gasteiger partial charge in [0.2, 0.25) is 11.6 Å². The van der Waals surface area contributed by atoms with Gasteiger partial charge in [0.1, 0.15) is 11.4 Å². The molecule has 1 aliphatic rings. The lowest BCUT2D eigenvalue weighted by atomic mass is 9.86. The third-order valence-corrected chi connectivity index (χ3v) is 4.11. The summed E-state index contributed by atoms with van der Waals surface area (Å²) in [4.78, 5) is 33.9. The van der Waals surface area contributed by atoms with Gasteiger partial charge in [0.25, 0.3) is 0 Å². The predicted molar refractivity (Wildman–Crippen MR) is 82.3 cm³/mol. The van der Waals surface area contributed by atoms with E-state index in [1.807, 2.05) is 32.0 Å². The van der Waals surface area contributed by atoms with Crippen LogP contribution in [0.25, 0.3) is 10.9 Å². The van der Waals surface area contributed by atoms with Crippen molar-refractivity contribution in [2.24, 2.45) is 0 Å². The molecule has 4 heteroatoms. The third kappa shape index (κ3) is 1.58. The molecule has 0 unspecified atom stereocenters. The molecule has 0 saturated heterocycles. The largest absolute Gasteiger partial charge is 0.287 e. The SMILES string of the molecule is Cc1ccc2nc3c(c(C)c2c1)C(=O)c1ncccc1C3=O. The van der Waals surface area contributed by atoms with Gasteiger partial charge in [-0.15, -0.1) is 0 Å². The first-order chi connectivity index (χ1) is 10.6. The summed E-state index contributed by atoms with van der Waals surface area (Å²) in [5.74, 6) is -0.457. The number of pyridine rings is 2. The lowest BCUT2D eigenvalue weighted by Crippen LogP contribution is -2.24. The highest BCUT2D eigenvalue weighted by atomic mass is 16.1. The van der Waals surface area contributed by atoms with Crippen molar-refractivity contribution in [3.05, 3.63) is 70.2 Å². The summed E-state index contributed by atoms with van der Waals surface area (Å²) in [6.45, 7) is 3.85. The quantitative estimate of drug-likeness (QED) is 0.499. The van der Waals surface area contributed by atoms with Crippen LogP contribution in [0.3, 0.4) is 0 Å². The van der Waals surface area contributed by atoms with Gasteiger partial charge in [0.05, 0.1) is 16.6 Å². The molecule has 4 nitrogen and oxygen atoms in total. The third-order valence-electron chi connectivity index (χ3n) is 4.11. The van der Waals surface area contributed by atoms with Gasteiger partial charge in [0, 0.05) is 11.6 Å². The second-order valence-electron chi connectivity index (χ2n) is 5.54. The van der Waals surface area contributed by atoms with E-state index in [2.05, 4.69) is 9.97 Å². The number of aromatic nitrogens is 2. The number of benzene rings is 1. The molecule has 0 N–H and O–H groups in total. The topological polar surface area (TPSA) is 59.9 Å². The molecule has 0 fully saturated rings. The van der Waals surface area contributed by atoms with E-state index >= 15 is 0 Å². The highest BCUT2D eigenvalue weighted by Crippen LogP contribution is 2.31. The Kier molecular flexibility index (Phi) is 2.51. The molecule has 3 aromatic rings. The van der Waals surface area contributed by atoms with Gasteiger partial charge in [-0.3, -0.25) is 14.6 Å². The number of hydrogen-bond donors (Lipinski definition) is 0. The fourth-order valence-electron chi connectivity index (χ4n) is 2.99. The smallest absolute Gasteiger partial charge is 0.214 e. The van der Waals surface area contributed by atoms with E-state index in [1.54, 1.807) is 12.1 Å². The molecule has 106 valence electrons. The molecule has 0 aliphatic heterocycles. The Morgan fingerprint density at radius 2 is 1.77 bits per heavy atom. The zero-order valence-electron chi connectivity index (χ0n) is 12.2. The Bertz CT molecular complexity index is 990. The summed E-state index contributed by atoms with van der Waals surface area (Å²) >= 11 is 0. The van der Waals surface area contributed by atoms with Crippen LogP contribution in [0.15, 0.2) is 36.5 Å². The van der Waals surface area contributed by atoms with Crippen LogP contribution in [-0.2, 0) is 0 Å². The van der Waals surface area contributed by atoms with Gasteiger partial charge in [-0.1, -0.05) is 11.6 Å². The molecule has 0 spiro atoms. The van der Waals surface area contributed by atoms with Gasteiger partial charge in [0.15, 0.2) is 0 Å². The Morgan fingerprint density at radius 1 is 0.955 bits per heavy atom. The maximum atomic E-state index is 12.7. The molecule has 1 aliphatic carbocycles. The summed E-state index contributed by atoms with van der Waals surface area (Å²) in [6, 6.07) is 9.11. The second kappa shape index (κ2) is 4.31. The van der Waals surface area contributed by atoms with Crippen molar-refractivity contribution in [2.75, 3.05) is 0 Å². The van der Waals surface area contributed by atoms with Crippen molar-refractivity contribution in [1.82, 2.24) is 9.97 Å². The van der Waals surface area contributed by atoms with Gasteiger partial charge in [-0.05, 0) is 43.7 Å². The van der Waals surface area contributed by atoms with E-state index < -0.39 is 0 Å². The number of carbonyl (C=O) groups excluding carboxylic acids is 2. The first-order valence-corrected chi connectivity index (χ1v) is 7.03. The van der Waals surface area contributed by atoms with Gasteiger partial charge >= 0.3 is 0 Å². The minimum absolute atomic E-state index is 0.219. The van der Waals surface area contributed by atoms with E-state index in [9.17, 15) is 9.59 Å². The number of rotatable bonds is 0. The maximum absolute atomic E-state index is 12.7. The van der Waals surface area contributed by atoms with Crippen molar-refractivity contribution < 1.29 is 9.59 Å². The van der Waals surface area contributed by atoms with Crippen molar-refractivity contribution in [3.8, 4) is 0 Å². The second-order valence-corrected chi connectivity index (χ2v) is 5.54. The molecule has 0 saturated carbocycles. The fourth-order valence-corrected chi connectivity index (χ4v) is 2.99. The molecular formula is C18H12N2O2. The Hall–Kier alpha value is -2.88. The molecule has 0 amide bonds. The highest BCUT2D eigenvalue weighted by molar-refractivity contribution is 6.28. The van der Waals surface area contributed by atoms with Crippen LogP contribution in [0.4, 0.5) is 0 Å². The monoisotopic (exact) mass is 288 g/mol. The molecule has 0 atom stereocenters. The molecule has 0 bridgehead atoms. The summed E-state index contributed by atoms with van der Waals surface area (Å²) in [5.41, 5.74) is 3.78. The summed E-state index contributed by atoms with van der Waals surface area (Å²) in [6.07, 6.45) is 1.53. The highest BCUT2D eigenvalue weighted by Gasteiger charge is 2.33. The van der Waals surface area contributed by atoms with E-state index in [4.69, 9.17) is 0 Å². The molecule has 4 rings (SSSR count). The molecule has 1 aromatic carbocycles. The zero-order valence-corrected chi connectivity index (χ0v) is 12.2. The predicted octanol–water partition coefficient (Wildman–Crippen LogP) is 3.02. The van der Waals surface area contributed by atoms with Crippen LogP contribution in [0.5, 0.6) is 0 Å². The zero-order chi connectivity index (χ0) is 15.4. The number of nitrogens with zero attached hydrogens (tertiary/aromatic N) is 2. The van der Waals surface area contributed by atoms with Crippen LogP contribution in [0.2, 0.25) is 0 Å². The fraction of sp³-hybridized carbons (Fsp3) is 0.111. The molecular weight excluding hydrogens is 276 g/mol. The summed E-state index contributed by atoms with van der Waals surface area (Å²) in [5, 5.41) is 0.902. The molecule has 2 heterocycles. The number of fused-ring (bicyclic) bond motifs is 3. The van der Waals surface area contributed by atoms with Crippen molar-refractivity contribution in [3.63, 3.8) is 0 Å². The molecule has 22 heavy (non-hydrogen) atoms. The van der Waals surface area contributed by atoms with Crippen LogP contribution in [0.1, 0.15) is 43.2 Å². The molecule has 2 aromatic heterocycles. The van der Waals surface area contributed by atoms with Crippen LogP contribution >= 0.6 is 0 Å². The van der Waals surface area contributed by atoms with Crippen molar-refractivity contribution >= 4 is 22.5 Å². The van der Waals surface area contributed by atoms with Crippen molar-refractivity contribution in [2.45, 2.75) is 13.8 Å². The van der Waals surface area contributed by atoms with E-state index in [-0.39, 0.29) is 23.0 Å². The first kappa shape index (κ1) is 12.8. The Balaban J connectivity index is 2.12. The maximum Gasteiger partial charge on any atom is 0.214 e. The van der Waals surface area contributed by atoms with Crippen LogP contribution in [0, 0.1) is 13.8 Å². The molecule has 0 radical (unpaired) electrons. The Morgan fingerprint density at radius 3 is 2.59 bits per heavy atom. The lowest BCUT2D eigenvalue weighted by Gasteiger charge is -2.18. The number of carbonyl (C=O) groups is 2. The normalized spacial score (nSPS) is 13.2. The van der Waals surface area contributed by atoms with E-state index in [0.717, 1.165) is 22.0 Å². The van der Waals surface area contributed by atoms with Gasteiger partial charge in [-0.25, -0.2) is 4.98 Å². The van der Waals surface area contributed by atoms with Gasteiger partial charge in [-0.2, -0.15) is 0 Å². The minimum atomic E-state index is -0.233. The number of ketones is 2. The summed E-state index contributed by atoms with van der Waals surface area (Å²) < 4.78 is 0. The number of aryl methyl sites for hydroxylation is 2. The first-order valence-electron chi connectivity index (χ1n) is 7.03. The number of hydrogen-bond acceptors (Lipinski definition) is 4. The average Bonchev–Trinajstić information content (AvgIpc) is 2.53. The standard InChI is InChI=1S/C18H12N2O2/c1-9-5-6-13-12(8-9)10(2)14-16(20-13)17(21)11-4-3-7-19-15(11)18(14)22/h3-8H,1-2H3. The van der Waals surface area contributed by atoms with E-state index in [0.29, 0.717) is 11.1 Å². The van der Waals surface area contributed by atoms with Crippen molar-refractivity contribution in [1.29, 1.82) is 0 Å². The van der Waals surface area contributed by atoms with Gasteiger partial charge < -0.3 is 0 Å². The average molecular weight is 288 g/mol. The summed E-state index contributed by atoms with van der Waals surface area (Å²) in [7, 11) is 0. The lowest BCUT2D eigenvalue weighted by molar-refractivity contribution is 0.0971. The Labute approximate surface area is 126 Å². The van der Waals surface area contributed by atoms with Crippen LogP contribution in [-0.4, -0.2) is 21.5 Å². The van der Waals surface area contributed by atoms with Crippen LogP contribution < -0.4 is 0 Å². The van der Waals surface area contributed by atoms with E-state index in [1.165, 1.54) is 6.20 Å². The minimum Gasteiger partial charge on any atom is -0.287 e.